The molecule has 2 heterocycles. The Hall–Kier alpha value is -1.62. The number of pyridine rings is 1. The van der Waals surface area contributed by atoms with Crippen molar-refractivity contribution in [2.45, 2.75) is 31.7 Å². The van der Waals surface area contributed by atoms with Crippen molar-refractivity contribution in [3.8, 4) is 0 Å². The van der Waals surface area contributed by atoms with E-state index in [-0.39, 0.29) is 12.2 Å². The average molecular weight is 250 g/mol. The quantitative estimate of drug-likeness (QED) is 0.828. The zero-order valence-corrected chi connectivity index (χ0v) is 10.2. The van der Waals surface area contributed by atoms with E-state index in [2.05, 4.69) is 9.88 Å². The first kappa shape index (κ1) is 12.8. The largest absolute Gasteiger partial charge is 0.478 e. The lowest BCUT2D eigenvalue weighted by molar-refractivity contribution is 0.0697. The summed E-state index contributed by atoms with van der Waals surface area (Å²) in [5, 5.41) is 18.1. The number of aliphatic hydroxyl groups is 1. The lowest BCUT2D eigenvalue weighted by Gasteiger charge is -2.27. The molecule has 98 valence electrons. The molecule has 1 atom stereocenters. The van der Waals surface area contributed by atoms with Gasteiger partial charge in [-0.3, -0.25) is 4.98 Å². The van der Waals surface area contributed by atoms with Gasteiger partial charge in [0.2, 0.25) is 0 Å². The first-order valence-corrected chi connectivity index (χ1v) is 6.29. The molecule has 0 aromatic carbocycles. The van der Waals surface area contributed by atoms with Crippen LogP contribution in [-0.2, 0) is 0 Å². The summed E-state index contributed by atoms with van der Waals surface area (Å²) in [4.78, 5) is 17.2. The third kappa shape index (κ3) is 2.61. The summed E-state index contributed by atoms with van der Waals surface area (Å²) < 4.78 is 0. The Morgan fingerprint density at radius 2 is 2.39 bits per heavy atom. The molecule has 1 aliphatic heterocycles. The van der Waals surface area contributed by atoms with Crippen LogP contribution in [0.3, 0.4) is 0 Å². The average Bonchev–Trinajstić information content (AvgIpc) is 2.84. The number of rotatable bonds is 5. The van der Waals surface area contributed by atoms with Crippen LogP contribution in [0, 0.1) is 0 Å². The van der Waals surface area contributed by atoms with E-state index < -0.39 is 5.97 Å². The minimum atomic E-state index is -0.939. The molecular formula is C13H18N2O3. The number of hydrogen-bond acceptors (Lipinski definition) is 4. The van der Waals surface area contributed by atoms with Crippen LogP contribution in [0.5, 0.6) is 0 Å². The minimum absolute atomic E-state index is 0.187. The van der Waals surface area contributed by atoms with Crippen LogP contribution in [0.1, 0.15) is 36.0 Å². The maximum absolute atomic E-state index is 11.2. The number of aromatic nitrogens is 1. The van der Waals surface area contributed by atoms with Gasteiger partial charge in [0.25, 0.3) is 0 Å². The standard InChI is InChI=1S/C13H18N2O3/c16-8-2-4-10-3-1-7-15(10)12-5-6-14-9-11(12)13(17)18/h5-6,9-10,16H,1-4,7-8H2,(H,17,18). The zero-order valence-electron chi connectivity index (χ0n) is 10.2. The summed E-state index contributed by atoms with van der Waals surface area (Å²) in [6.07, 6.45) is 6.81. The lowest BCUT2D eigenvalue weighted by atomic mass is 10.1. The zero-order chi connectivity index (χ0) is 13.0. The predicted molar refractivity (Wildman–Crippen MR) is 67.9 cm³/mol. The van der Waals surface area contributed by atoms with Gasteiger partial charge in [-0.2, -0.15) is 0 Å². The Bertz CT molecular complexity index is 422. The number of carboxylic acids is 1. The normalized spacial score (nSPS) is 19.2. The summed E-state index contributed by atoms with van der Waals surface area (Å²) in [6, 6.07) is 2.10. The molecule has 5 nitrogen and oxygen atoms in total. The molecule has 1 unspecified atom stereocenters. The van der Waals surface area contributed by atoms with Crippen molar-refractivity contribution in [3.05, 3.63) is 24.0 Å². The highest BCUT2D eigenvalue weighted by Crippen LogP contribution is 2.30. The van der Waals surface area contributed by atoms with Crippen LogP contribution in [0.2, 0.25) is 0 Å². The number of carbonyl (C=O) groups is 1. The molecule has 0 radical (unpaired) electrons. The fourth-order valence-electron chi connectivity index (χ4n) is 2.58. The third-order valence-corrected chi connectivity index (χ3v) is 3.41. The maximum atomic E-state index is 11.2. The summed E-state index contributed by atoms with van der Waals surface area (Å²) in [7, 11) is 0. The van der Waals surface area contributed by atoms with E-state index >= 15 is 0 Å². The fraction of sp³-hybridized carbons (Fsp3) is 0.538. The van der Waals surface area contributed by atoms with Crippen molar-refractivity contribution in [2.75, 3.05) is 18.1 Å². The molecule has 0 bridgehead atoms. The SMILES string of the molecule is O=C(O)c1cnccc1N1CCCC1CCCO. The van der Waals surface area contributed by atoms with Gasteiger partial charge in [-0.1, -0.05) is 0 Å². The van der Waals surface area contributed by atoms with Gasteiger partial charge in [0.05, 0.1) is 5.69 Å². The minimum Gasteiger partial charge on any atom is -0.478 e. The van der Waals surface area contributed by atoms with Gasteiger partial charge < -0.3 is 15.1 Å². The number of anilines is 1. The van der Waals surface area contributed by atoms with Gasteiger partial charge in [-0.05, 0) is 31.7 Å². The summed E-state index contributed by atoms with van der Waals surface area (Å²) in [6.45, 7) is 1.06. The van der Waals surface area contributed by atoms with Gasteiger partial charge in [0, 0.05) is 31.6 Å². The molecule has 18 heavy (non-hydrogen) atoms. The summed E-state index contributed by atoms with van der Waals surface area (Å²) in [5.74, 6) is -0.939. The highest BCUT2D eigenvalue weighted by Gasteiger charge is 2.27. The third-order valence-electron chi connectivity index (χ3n) is 3.41. The van der Waals surface area contributed by atoms with Crippen molar-refractivity contribution in [2.24, 2.45) is 0 Å². The second kappa shape index (κ2) is 5.82. The van der Waals surface area contributed by atoms with Gasteiger partial charge in [0.15, 0.2) is 0 Å². The van der Waals surface area contributed by atoms with Gasteiger partial charge in [-0.15, -0.1) is 0 Å². The summed E-state index contributed by atoms with van der Waals surface area (Å²) in [5.41, 5.74) is 1.01. The molecule has 2 N–H and O–H groups in total. The van der Waals surface area contributed by atoms with Crippen molar-refractivity contribution in [1.82, 2.24) is 4.98 Å². The van der Waals surface area contributed by atoms with Crippen LogP contribution in [0.15, 0.2) is 18.5 Å². The number of hydrogen-bond donors (Lipinski definition) is 2. The maximum Gasteiger partial charge on any atom is 0.339 e. The van der Waals surface area contributed by atoms with E-state index in [4.69, 9.17) is 5.11 Å². The molecule has 0 amide bonds. The molecule has 2 rings (SSSR count). The molecule has 1 aliphatic rings. The number of carboxylic acid groups (broad SMARTS) is 1. The summed E-state index contributed by atoms with van der Waals surface area (Å²) >= 11 is 0. The van der Waals surface area contributed by atoms with E-state index in [1.165, 1.54) is 6.20 Å². The predicted octanol–water partition coefficient (Wildman–Crippen LogP) is 1.52. The smallest absolute Gasteiger partial charge is 0.339 e. The van der Waals surface area contributed by atoms with Gasteiger partial charge in [-0.25, -0.2) is 4.79 Å². The molecule has 5 heteroatoms. The Morgan fingerprint density at radius 1 is 1.56 bits per heavy atom. The van der Waals surface area contributed by atoms with Crippen molar-refractivity contribution in [1.29, 1.82) is 0 Å². The number of aromatic carboxylic acids is 1. The van der Waals surface area contributed by atoms with E-state index in [1.807, 2.05) is 0 Å². The Labute approximate surface area is 106 Å². The lowest BCUT2D eigenvalue weighted by Crippen LogP contribution is -2.30. The molecule has 1 aromatic rings. The molecule has 0 spiro atoms. The molecule has 1 aromatic heterocycles. The monoisotopic (exact) mass is 250 g/mol. The Morgan fingerprint density at radius 3 is 3.11 bits per heavy atom. The van der Waals surface area contributed by atoms with Crippen molar-refractivity contribution in [3.63, 3.8) is 0 Å². The molecule has 0 saturated carbocycles. The van der Waals surface area contributed by atoms with Crippen LogP contribution in [0.4, 0.5) is 5.69 Å². The van der Waals surface area contributed by atoms with E-state index in [1.54, 1.807) is 12.3 Å². The van der Waals surface area contributed by atoms with Gasteiger partial charge >= 0.3 is 5.97 Å². The molecule has 0 aliphatic carbocycles. The van der Waals surface area contributed by atoms with Crippen LogP contribution in [-0.4, -0.2) is 40.4 Å². The van der Waals surface area contributed by atoms with E-state index in [9.17, 15) is 9.90 Å². The van der Waals surface area contributed by atoms with Crippen molar-refractivity contribution < 1.29 is 15.0 Å². The van der Waals surface area contributed by atoms with Crippen LogP contribution in [0.25, 0.3) is 0 Å². The fourth-order valence-corrected chi connectivity index (χ4v) is 2.58. The van der Waals surface area contributed by atoms with Crippen LogP contribution >= 0.6 is 0 Å². The topological polar surface area (TPSA) is 73.7 Å². The molecule has 1 fully saturated rings. The number of aliphatic hydroxyl groups excluding tert-OH is 1. The first-order valence-electron chi connectivity index (χ1n) is 6.29. The van der Waals surface area contributed by atoms with E-state index in [0.717, 1.165) is 37.9 Å². The van der Waals surface area contributed by atoms with Gasteiger partial charge in [0.1, 0.15) is 5.56 Å². The van der Waals surface area contributed by atoms with Crippen LogP contribution < -0.4 is 4.90 Å². The second-order valence-corrected chi connectivity index (χ2v) is 4.55. The second-order valence-electron chi connectivity index (χ2n) is 4.55. The number of nitrogens with zero attached hydrogens (tertiary/aromatic N) is 2. The molecular weight excluding hydrogens is 232 g/mol. The highest BCUT2D eigenvalue weighted by atomic mass is 16.4. The molecule has 1 saturated heterocycles. The van der Waals surface area contributed by atoms with Crippen molar-refractivity contribution >= 4 is 11.7 Å². The van der Waals surface area contributed by atoms with E-state index in [0.29, 0.717) is 6.04 Å². The first-order chi connectivity index (χ1) is 8.74. The highest BCUT2D eigenvalue weighted by molar-refractivity contribution is 5.94. The Kier molecular flexibility index (Phi) is 4.15. The Balaban J connectivity index is 2.21.